The highest BCUT2D eigenvalue weighted by Crippen LogP contribution is 2.20. The normalized spacial score (nSPS) is 20.4. The molecule has 0 spiro atoms. The second-order valence-electron chi connectivity index (χ2n) is 5.42. The Balaban J connectivity index is 1.59. The standard InChI is InChI=1S/C13H21N5O2/c1-2-20-13(19)11(15-10-3-4-10)7-17-5-6-18-9-14-16-12(18)8-17/h9-11,15H,2-8H2,1H3. The lowest BCUT2D eigenvalue weighted by Crippen LogP contribution is -2.49. The molecule has 110 valence electrons. The Labute approximate surface area is 118 Å². The van der Waals surface area contributed by atoms with Crippen LogP contribution in [0.4, 0.5) is 0 Å². The molecule has 3 rings (SSSR count). The summed E-state index contributed by atoms with van der Waals surface area (Å²) in [5.41, 5.74) is 0. The van der Waals surface area contributed by atoms with Crippen LogP contribution in [0.3, 0.4) is 0 Å². The molecule has 20 heavy (non-hydrogen) atoms. The summed E-state index contributed by atoms with van der Waals surface area (Å²) in [6, 6.07) is 0.245. The number of esters is 1. The van der Waals surface area contributed by atoms with E-state index in [9.17, 15) is 4.79 Å². The molecule has 1 aliphatic heterocycles. The van der Waals surface area contributed by atoms with Crippen molar-refractivity contribution in [2.24, 2.45) is 0 Å². The van der Waals surface area contributed by atoms with Crippen LogP contribution in [0.15, 0.2) is 6.33 Å². The summed E-state index contributed by atoms with van der Waals surface area (Å²) >= 11 is 0. The van der Waals surface area contributed by atoms with Gasteiger partial charge in [-0.15, -0.1) is 10.2 Å². The third kappa shape index (κ3) is 3.16. The van der Waals surface area contributed by atoms with Crippen LogP contribution in [0.5, 0.6) is 0 Å². The van der Waals surface area contributed by atoms with Gasteiger partial charge in [-0.3, -0.25) is 9.69 Å². The van der Waals surface area contributed by atoms with Gasteiger partial charge in [0, 0.05) is 25.7 Å². The predicted octanol–water partition coefficient (Wildman–Crippen LogP) is -0.223. The number of ether oxygens (including phenoxy) is 1. The molecule has 1 saturated carbocycles. The van der Waals surface area contributed by atoms with Crippen LogP contribution in [0.2, 0.25) is 0 Å². The Hall–Kier alpha value is -1.47. The van der Waals surface area contributed by atoms with Crippen molar-refractivity contribution in [1.29, 1.82) is 0 Å². The number of carbonyl (C=O) groups excluding carboxylic acids is 1. The first-order valence-corrected chi connectivity index (χ1v) is 7.28. The van der Waals surface area contributed by atoms with Crippen LogP contribution in [-0.2, 0) is 22.6 Å². The maximum Gasteiger partial charge on any atom is 0.324 e. The second-order valence-corrected chi connectivity index (χ2v) is 5.42. The average molecular weight is 279 g/mol. The van der Waals surface area contributed by atoms with Crippen molar-refractivity contribution in [3.63, 3.8) is 0 Å². The first-order chi connectivity index (χ1) is 9.76. The van der Waals surface area contributed by atoms with E-state index in [2.05, 4.69) is 25.0 Å². The Morgan fingerprint density at radius 2 is 2.40 bits per heavy atom. The molecule has 0 aromatic carbocycles. The molecule has 1 unspecified atom stereocenters. The van der Waals surface area contributed by atoms with Gasteiger partial charge in [0.05, 0.1) is 13.2 Å². The first-order valence-electron chi connectivity index (χ1n) is 7.28. The van der Waals surface area contributed by atoms with Crippen LogP contribution in [0.25, 0.3) is 0 Å². The molecule has 1 atom stereocenters. The van der Waals surface area contributed by atoms with E-state index in [-0.39, 0.29) is 12.0 Å². The van der Waals surface area contributed by atoms with Crippen LogP contribution in [0, 0.1) is 0 Å². The monoisotopic (exact) mass is 279 g/mol. The Morgan fingerprint density at radius 1 is 1.55 bits per heavy atom. The molecule has 7 nitrogen and oxygen atoms in total. The minimum Gasteiger partial charge on any atom is -0.465 e. The number of fused-ring (bicyclic) bond motifs is 1. The molecular weight excluding hydrogens is 258 g/mol. The van der Waals surface area contributed by atoms with Crippen LogP contribution in [0.1, 0.15) is 25.6 Å². The van der Waals surface area contributed by atoms with Gasteiger partial charge in [-0.25, -0.2) is 0 Å². The fourth-order valence-electron chi connectivity index (χ4n) is 2.50. The molecule has 1 aromatic heterocycles. The molecule has 1 aromatic rings. The van der Waals surface area contributed by atoms with Crippen molar-refractivity contribution < 1.29 is 9.53 Å². The zero-order valence-corrected chi connectivity index (χ0v) is 11.8. The number of hydrogen-bond donors (Lipinski definition) is 1. The SMILES string of the molecule is CCOC(=O)C(CN1CCn2cnnc2C1)NC1CC1. The highest BCUT2D eigenvalue weighted by Gasteiger charge is 2.31. The van der Waals surface area contributed by atoms with Crippen molar-refractivity contribution in [3.8, 4) is 0 Å². The number of hydrogen-bond acceptors (Lipinski definition) is 6. The van der Waals surface area contributed by atoms with Gasteiger partial charge in [-0.05, 0) is 19.8 Å². The smallest absolute Gasteiger partial charge is 0.324 e. The van der Waals surface area contributed by atoms with E-state index in [0.29, 0.717) is 19.2 Å². The van der Waals surface area contributed by atoms with E-state index < -0.39 is 0 Å². The molecule has 1 N–H and O–H groups in total. The molecule has 1 fully saturated rings. The lowest BCUT2D eigenvalue weighted by molar-refractivity contribution is -0.146. The highest BCUT2D eigenvalue weighted by atomic mass is 16.5. The molecular formula is C13H21N5O2. The van der Waals surface area contributed by atoms with Gasteiger partial charge in [0.1, 0.15) is 18.2 Å². The topological polar surface area (TPSA) is 72.3 Å². The van der Waals surface area contributed by atoms with E-state index in [0.717, 1.165) is 38.3 Å². The Kier molecular flexibility index (Phi) is 3.98. The maximum absolute atomic E-state index is 12.0. The number of carbonyl (C=O) groups is 1. The summed E-state index contributed by atoms with van der Waals surface area (Å²) in [4.78, 5) is 14.3. The number of nitrogens with one attached hydrogen (secondary N) is 1. The highest BCUT2D eigenvalue weighted by molar-refractivity contribution is 5.76. The second kappa shape index (κ2) is 5.88. The van der Waals surface area contributed by atoms with Gasteiger partial charge in [0.15, 0.2) is 0 Å². The van der Waals surface area contributed by atoms with Crippen LogP contribution in [-0.4, -0.2) is 57.4 Å². The van der Waals surface area contributed by atoms with Gasteiger partial charge < -0.3 is 14.6 Å². The predicted molar refractivity (Wildman–Crippen MR) is 71.9 cm³/mol. The number of nitrogens with zero attached hydrogens (tertiary/aromatic N) is 4. The maximum atomic E-state index is 12.0. The third-order valence-corrected chi connectivity index (χ3v) is 3.74. The van der Waals surface area contributed by atoms with Gasteiger partial charge in [0.25, 0.3) is 0 Å². The van der Waals surface area contributed by atoms with Crippen LogP contribution < -0.4 is 5.32 Å². The fourth-order valence-corrected chi connectivity index (χ4v) is 2.50. The van der Waals surface area contributed by atoms with E-state index in [1.165, 1.54) is 0 Å². The van der Waals surface area contributed by atoms with E-state index in [1.54, 1.807) is 6.33 Å². The summed E-state index contributed by atoms with van der Waals surface area (Å²) in [5.74, 6) is 0.816. The van der Waals surface area contributed by atoms with E-state index >= 15 is 0 Å². The largest absolute Gasteiger partial charge is 0.465 e. The van der Waals surface area contributed by atoms with Crippen molar-refractivity contribution in [3.05, 3.63) is 12.2 Å². The van der Waals surface area contributed by atoms with Crippen LogP contribution >= 0.6 is 0 Å². The van der Waals surface area contributed by atoms with Crippen molar-refractivity contribution in [2.45, 2.75) is 44.9 Å². The molecule has 0 saturated heterocycles. The molecule has 0 bridgehead atoms. The minimum atomic E-state index is -0.239. The molecule has 7 heteroatoms. The molecule has 0 radical (unpaired) electrons. The van der Waals surface area contributed by atoms with E-state index in [4.69, 9.17) is 4.74 Å². The number of aromatic nitrogens is 3. The summed E-state index contributed by atoms with van der Waals surface area (Å²) in [6.45, 7) is 5.46. The zero-order chi connectivity index (χ0) is 13.9. The average Bonchev–Trinajstić information content (AvgIpc) is 3.13. The summed E-state index contributed by atoms with van der Waals surface area (Å²) in [7, 11) is 0. The molecule has 2 heterocycles. The lowest BCUT2D eigenvalue weighted by Gasteiger charge is -2.30. The first kappa shape index (κ1) is 13.5. The summed E-state index contributed by atoms with van der Waals surface area (Å²) in [6.07, 6.45) is 4.08. The van der Waals surface area contributed by atoms with E-state index in [1.807, 2.05) is 6.92 Å². The van der Waals surface area contributed by atoms with Crippen molar-refractivity contribution in [1.82, 2.24) is 25.0 Å². The molecule has 1 aliphatic carbocycles. The van der Waals surface area contributed by atoms with Crippen molar-refractivity contribution >= 4 is 5.97 Å². The quantitative estimate of drug-likeness (QED) is 0.726. The Bertz CT molecular complexity index is 471. The van der Waals surface area contributed by atoms with Gasteiger partial charge >= 0.3 is 5.97 Å². The third-order valence-electron chi connectivity index (χ3n) is 3.74. The van der Waals surface area contributed by atoms with Gasteiger partial charge in [0.2, 0.25) is 0 Å². The lowest BCUT2D eigenvalue weighted by atomic mass is 10.2. The minimum absolute atomic E-state index is 0.147. The zero-order valence-electron chi connectivity index (χ0n) is 11.8. The van der Waals surface area contributed by atoms with Crippen molar-refractivity contribution in [2.75, 3.05) is 19.7 Å². The van der Waals surface area contributed by atoms with Gasteiger partial charge in [-0.2, -0.15) is 0 Å². The molecule has 2 aliphatic rings. The Morgan fingerprint density at radius 3 is 3.15 bits per heavy atom. The summed E-state index contributed by atoms with van der Waals surface area (Å²) < 4.78 is 7.23. The fraction of sp³-hybridized carbons (Fsp3) is 0.769. The summed E-state index contributed by atoms with van der Waals surface area (Å²) in [5, 5.41) is 11.4. The van der Waals surface area contributed by atoms with Gasteiger partial charge in [-0.1, -0.05) is 0 Å². The number of rotatable bonds is 6. The molecule has 0 amide bonds.